The highest BCUT2D eigenvalue weighted by Gasteiger charge is 2.25. The van der Waals surface area contributed by atoms with Gasteiger partial charge in [-0.25, -0.2) is 4.79 Å². The fourth-order valence-electron chi connectivity index (χ4n) is 1.72. The Hall–Kier alpha value is -1.14. The summed E-state index contributed by atoms with van der Waals surface area (Å²) in [4.78, 5) is 21.9. The van der Waals surface area contributed by atoms with Crippen molar-refractivity contribution in [1.82, 2.24) is 10.6 Å². The van der Waals surface area contributed by atoms with Crippen LogP contribution in [0.25, 0.3) is 0 Å². The van der Waals surface area contributed by atoms with Crippen molar-refractivity contribution in [2.75, 3.05) is 13.1 Å². The van der Waals surface area contributed by atoms with Crippen molar-refractivity contribution < 1.29 is 19.8 Å². The molecule has 1 saturated heterocycles. The van der Waals surface area contributed by atoms with Crippen molar-refractivity contribution in [3.05, 3.63) is 0 Å². The van der Waals surface area contributed by atoms with Gasteiger partial charge in [-0.15, -0.1) is 0 Å². The molecule has 92 valence electrons. The van der Waals surface area contributed by atoms with Crippen LogP contribution in [-0.2, 0) is 9.59 Å². The van der Waals surface area contributed by atoms with Crippen LogP contribution in [0.2, 0.25) is 0 Å². The number of aliphatic hydroxyl groups is 1. The van der Waals surface area contributed by atoms with Gasteiger partial charge in [-0.2, -0.15) is 0 Å². The molecule has 0 spiro atoms. The monoisotopic (exact) mass is 230 g/mol. The summed E-state index contributed by atoms with van der Waals surface area (Å²) in [5.41, 5.74) is 0. The van der Waals surface area contributed by atoms with E-state index in [0.29, 0.717) is 5.92 Å². The van der Waals surface area contributed by atoms with E-state index in [9.17, 15) is 9.59 Å². The summed E-state index contributed by atoms with van der Waals surface area (Å²) in [6.07, 6.45) is 0.251. The van der Waals surface area contributed by atoms with Gasteiger partial charge in [-0.3, -0.25) is 4.79 Å². The summed E-state index contributed by atoms with van der Waals surface area (Å²) >= 11 is 0. The van der Waals surface area contributed by atoms with Crippen LogP contribution in [0.3, 0.4) is 0 Å². The van der Waals surface area contributed by atoms with Crippen LogP contribution in [0, 0.1) is 5.92 Å². The maximum atomic E-state index is 11.6. The number of piperidine rings is 1. The van der Waals surface area contributed by atoms with Gasteiger partial charge in [0.15, 0.2) is 6.10 Å². The molecule has 1 rings (SSSR count). The molecule has 1 fully saturated rings. The van der Waals surface area contributed by atoms with Gasteiger partial charge >= 0.3 is 5.97 Å². The molecule has 0 aliphatic carbocycles. The molecule has 4 N–H and O–H groups in total. The molecule has 0 bridgehead atoms. The number of carbonyl (C=O) groups excluding carboxylic acids is 1. The van der Waals surface area contributed by atoms with E-state index in [-0.39, 0.29) is 18.5 Å². The quantitative estimate of drug-likeness (QED) is 0.493. The second-order valence-corrected chi connectivity index (χ2v) is 4.24. The van der Waals surface area contributed by atoms with E-state index in [4.69, 9.17) is 10.2 Å². The van der Waals surface area contributed by atoms with Crippen LogP contribution in [-0.4, -0.2) is 47.3 Å². The Morgan fingerprint density at radius 3 is 2.81 bits per heavy atom. The number of carboxylic acid groups (broad SMARTS) is 1. The van der Waals surface area contributed by atoms with E-state index in [0.717, 1.165) is 19.4 Å². The van der Waals surface area contributed by atoms with Crippen molar-refractivity contribution in [2.24, 2.45) is 5.92 Å². The molecule has 6 nitrogen and oxygen atoms in total. The van der Waals surface area contributed by atoms with E-state index in [1.807, 2.05) is 0 Å². The lowest BCUT2D eigenvalue weighted by Gasteiger charge is -2.27. The van der Waals surface area contributed by atoms with Gasteiger partial charge in [-0.1, -0.05) is 6.92 Å². The molecule has 1 heterocycles. The number of hydrogen-bond donors (Lipinski definition) is 4. The summed E-state index contributed by atoms with van der Waals surface area (Å²) in [6, 6.07) is -0.273. The van der Waals surface area contributed by atoms with Crippen LogP contribution in [0.4, 0.5) is 0 Å². The smallest absolute Gasteiger partial charge is 0.334 e. The molecule has 3 unspecified atom stereocenters. The number of aliphatic hydroxyl groups excluding tert-OH is 1. The predicted molar refractivity (Wildman–Crippen MR) is 56.8 cm³/mol. The van der Waals surface area contributed by atoms with E-state index in [1.165, 1.54) is 0 Å². The van der Waals surface area contributed by atoms with Crippen molar-refractivity contribution in [3.8, 4) is 0 Å². The molecule has 0 aromatic carbocycles. The van der Waals surface area contributed by atoms with Crippen LogP contribution >= 0.6 is 0 Å². The van der Waals surface area contributed by atoms with Gasteiger partial charge in [-0.05, 0) is 25.3 Å². The van der Waals surface area contributed by atoms with Gasteiger partial charge < -0.3 is 20.8 Å². The van der Waals surface area contributed by atoms with E-state index >= 15 is 0 Å². The number of amides is 1. The molecular formula is C10H18N2O4. The number of nitrogens with one attached hydrogen (secondary N) is 2. The molecule has 0 radical (unpaired) electrons. The highest BCUT2D eigenvalue weighted by Crippen LogP contribution is 2.14. The Balaban J connectivity index is 2.31. The molecule has 0 aromatic rings. The Kier molecular flexibility index (Phi) is 4.70. The molecule has 1 aliphatic heterocycles. The Morgan fingerprint density at radius 1 is 1.56 bits per heavy atom. The second kappa shape index (κ2) is 5.81. The molecule has 1 amide bonds. The van der Waals surface area contributed by atoms with Gasteiger partial charge in [0.25, 0.3) is 0 Å². The third-order valence-corrected chi connectivity index (χ3v) is 2.74. The molecule has 0 saturated carbocycles. The minimum Gasteiger partial charge on any atom is -0.479 e. The number of hydrogen-bond acceptors (Lipinski definition) is 4. The van der Waals surface area contributed by atoms with Crippen molar-refractivity contribution in [1.29, 1.82) is 0 Å². The van der Waals surface area contributed by atoms with E-state index in [1.54, 1.807) is 0 Å². The van der Waals surface area contributed by atoms with Crippen molar-refractivity contribution in [2.45, 2.75) is 31.9 Å². The second-order valence-electron chi connectivity index (χ2n) is 4.24. The SMILES string of the molecule is CC1CCNC(C(=O)NCC(O)C(=O)O)C1. The lowest BCUT2D eigenvalue weighted by Crippen LogP contribution is -2.50. The fourth-order valence-corrected chi connectivity index (χ4v) is 1.72. The Morgan fingerprint density at radius 2 is 2.25 bits per heavy atom. The zero-order valence-corrected chi connectivity index (χ0v) is 9.27. The molecule has 16 heavy (non-hydrogen) atoms. The van der Waals surface area contributed by atoms with Gasteiger partial charge in [0, 0.05) is 0 Å². The third kappa shape index (κ3) is 3.79. The zero-order chi connectivity index (χ0) is 12.1. The largest absolute Gasteiger partial charge is 0.479 e. The minimum absolute atomic E-state index is 0.244. The lowest BCUT2D eigenvalue weighted by molar-refractivity contribution is -0.146. The Labute approximate surface area is 94.0 Å². The molecule has 1 aliphatic rings. The molecule has 6 heteroatoms. The summed E-state index contributed by atoms with van der Waals surface area (Å²) in [5, 5.41) is 22.9. The first-order valence-corrected chi connectivity index (χ1v) is 5.42. The first-order valence-electron chi connectivity index (χ1n) is 5.42. The molecular weight excluding hydrogens is 212 g/mol. The standard InChI is InChI=1S/C10H18N2O4/c1-6-2-3-11-7(4-6)9(14)12-5-8(13)10(15)16/h6-8,11,13H,2-5H2,1H3,(H,12,14)(H,15,16). The number of aliphatic carboxylic acids is 1. The summed E-state index contributed by atoms with van der Waals surface area (Å²) in [5.74, 6) is -1.08. The number of carboxylic acids is 1. The van der Waals surface area contributed by atoms with Crippen LogP contribution < -0.4 is 10.6 Å². The Bertz CT molecular complexity index is 270. The van der Waals surface area contributed by atoms with Crippen LogP contribution in [0.15, 0.2) is 0 Å². The minimum atomic E-state index is -1.54. The average Bonchev–Trinajstić information content (AvgIpc) is 2.25. The number of rotatable bonds is 4. The van der Waals surface area contributed by atoms with E-state index < -0.39 is 12.1 Å². The lowest BCUT2D eigenvalue weighted by atomic mass is 9.94. The maximum absolute atomic E-state index is 11.6. The highest BCUT2D eigenvalue weighted by molar-refractivity contribution is 5.82. The first-order chi connectivity index (χ1) is 7.50. The number of carbonyl (C=O) groups is 2. The first kappa shape index (κ1) is 12.9. The van der Waals surface area contributed by atoms with Crippen LogP contribution in [0.1, 0.15) is 19.8 Å². The maximum Gasteiger partial charge on any atom is 0.334 e. The van der Waals surface area contributed by atoms with Crippen molar-refractivity contribution >= 4 is 11.9 Å². The molecule has 3 atom stereocenters. The van der Waals surface area contributed by atoms with Gasteiger partial charge in [0.05, 0.1) is 12.6 Å². The predicted octanol–water partition coefficient (Wildman–Crippen LogP) is -1.06. The summed E-state index contributed by atoms with van der Waals surface area (Å²) in [7, 11) is 0. The average molecular weight is 230 g/mol. The topological polar surface area (TPSA) is 98.7 Å². The third-order valence-electron chi connectivity index (χ3n) is 2.74. The normalized spacial score (nSPS) is 27.1. The zero-order valence-electron chi connectivity index (χ0n) is 9.27. The van der Waals surface area contributed by atoms with E-state index in [2.05, 4.69) is 17.6 Å². The summed E-state index contributed by atoms with van der Waals surface area (Å²) in [6.45, 7) is 2.62. The van der Waals surface area contributed by atoms with Gasteiger partial charge in [0.2, 0.25) is 5.91 Å². The highest BCUT2D eigenvalue weighted by atomic mass is 16.4. The van der Waals surface area contributed by atoms with Crippen LogP contribution in [0.5, 0.6) is 0 Å². The molecule has 0 aromatic heterocycles. The summed E-state index contributed by atoms with van der Waals surface area (Å²) < 4.78 is 0. The fraction of sp³-hybridized carbons (Fsp3) is 0.800. The van der Waals surface area contributed by atoms with Gasteiger partial charge in [0.1, 0.15) is 0 Å². The van der Waals surface area contributed by atoms with Crippen molar-refractivity contribution in [3.63, 3.8) is 0 Å².